The van der Waals surface area contributed by atoms with Crippen LogP contribution in [-0.2, 0) is 19.4 Å². The van der Waals surface area contributed by atoms with E-state index in [1.807, 2.05) is 4.90 Å². The summed E-state index contributed by atoms with van der Waals surface area (Å²) in [6.45, 7) is 2.12. The Hall–Kier alpha value is -4.85. The lowest BCUT2D eigenvalue weighted by Crippen LogP contribution is -2.68. The smallest absolute Gasteiger partial charge is 0.257 e. The fourth-order valence-corrected chi connectivity index (χ4v) is 8.51. The van der Waals surface area contributed by atoms with Crippen molar-refractivity contribution in [2.75, 3.05) is 34.9 Å². The highest BCUT2D eigenvalue weighted by atomic mass is 19.2. The van der Waals surface area contributed by atoms with E-state index < -0.39 is 83.9 Å². The van der Waals surface area contributed by atoms with Gasteiger partial charge in [0.05, 0.1) is 46.1 Å². The van der Waals surface area contributed by atoms with Crippen LogP contribution >= 0.6 is 0 Å². The number of amides is 1. The highest BCUT2D eigenvalue weighted by molar-refractivity contribution is 5.95. The number of carbonyl (C=O) groups is 1. The van der Waals surface area contributed by atoms with Crippen molar-refractivity contribution in [2.45, 2.75) is 63.5 Å². The van der Waals surface area contributed by atoms with Crippen LogP contribution in [0.4, 0.5) is 22.0 Å². The number of aliphatic hydroxyl groups is 1. The molecule has 0 spiro atoms. The van der Waals surface area contributed by atoms with Gasteiger partial charge in [0, 0.05) is 57.6 Å². The number of benzene rings is 3. The summed E-state index contributed by atoms with van der Waals surface area (Å²) in [6, 6.07) is -1.83. The molecule has 1 saturated heterocycles. The van der Waals surface area contributed by atoms with Crippen molar-refractivity contribution in [2.24, 2.45) is 0 Å². The van der Waals surface area contributed by atoms with E-state index in [4.69, 9.17) is 14.2 Å². The van der Waals surface area contributed by atoms with E-state index in [1.165, 1.54) is 21.3 Å². The number of carbonyl (C=O) groups excluding carboxylic acids is 1. The number of methoxy groups -OCH3 is 3. The number of rotatable bonds is 7. The second-order valence-electron chi connectivity index (χ2n) is 12.8. The molecule has 3 aromatic rings. The predicted octanol–water partition coefficient (Wildman–Crippen LogP) is 4.13. The van der Waals surface area contributed by atoms with Gasteiger partial charge < -0.3 is 34.8 Å². The van der Waals surface area contributed by atoms with Crippen LogP contribution in [0.1, 0.15) is 61.4 Å². The van der Waals surface area contributed by atoms with E-state index in [0.717, 1.165) is 0 Å². The maximum Gasteiger partial charge on any atom is 0.257 e. The van der Waals surface area contributed by atoms with Crippen LogP contribution in [0.5, 0.6) is 28.7 Å². The molecule has 272 valence electrons. The molecular formula is C35H35F5N4O7. The molecule has 16 heteroatoms. The summed E-state index contributed by atoms with van der Waals surface area (Å²) in [6.07, 6.45) is 0.297. The van der Waals surface area contributed by atoms with Gasteiger partial charge in [-0.15, -0.1) is 0 Å². The zero-order chi connectivity index (χ0) is 37.4. The van der Waals surface area contributed by atoms with Crippen molar-refractivity contribution in [3.63, 3.8) is 0 Å². The molecule has 5 atom stereocenters. The molecule has 3 aromatic carbocycles. The number of halogens is 5. The van der Waals surface area contributed by atoms with Crippen molar-refractivity contribution in [3.05, 3.63) is 73.6 Å². The van der Waals surface area contributed by atoms with Gasteiger partial charge in [0.15, 0.2) is 34.8 Å². The van der Waals surface area contributed by atoms with E-state index in [9.17, 15) is 47.3 Å². The second-order valence-corrected chi connectivity index (χ2v) is 12.8. The van der Waals surface area contributed by atoms with Gasteiger partial charge in [-0.05, 0) is 33.7 Å². The Morgan fingerprint density at radius 1 is 0.843 bits per heavy atom. The number of hydrogen-bond donors (Lipinski definition) is 4. The zero-order valence-electron chi connectivity index (χ0n) is 28.4. The first-order chi connectivity index (χ1) is 24.2. The zero-order valence-corrected chi connectivity index (χ0v) is 28.4. The molecule has 3 heterocycles. The highest BCUT2D eigenvalue weighted by Crippen LogP contribution is 2.58. The molecule has 3 aliphatic rings. The van der Waals surface area contributed by atoms with Gasteiger partial charge in [-0.3, -0.25) is 14.6 Å². The van der Waals surface area contributed by atoms with Gasteiger partial charge >= 0.3 is 0 Å². The van der Waals surface area contributed by atoms with Crippen molar-refractivity contribution >= 4 is 5.91 Å². The first-order valence-corrected chi connectivity index (χ1v) is 15.9. The summed E-state index contributed by atoms with van der Waals surface area (Å²) in [7, 11) is 6.06. The molecule has 11 nitrogen and oxygen atoms in total. The third kappa shape index (κ3) is 4.96. The van der Waals surface area contributed by atoms with Crippen LogP contribution in [0.3, 0.4) is 0 Å². The number of phenolic OH excluding ortho intramolecular Hbond substituents is 1. The summed E-state index contributed by atoms with van der Waals surface area (Å²) in [5.41, 5.74) is 0.981. The summed E-state index contributed by atoms with van der Waals surface area (Å²) in [4.78, 5) is 16.9. The number of nitrogens with zero attached hydrogens (tertiary/aromatic N) is 3. The number of piperazine rings is 1. The quantitative estimate of drug-likeness (QED) is 0.160. The van der Waals surface area contributed by atoms with E-state index in [-0.39, 0.29) is 47.0 Å². The Kier molecular flexibility index (Phi) is 9.19. The molecule has 0 unspecified atom stereocenters. The summed E-state index contributed by atoms with van der Waals surface area (Å²) < 4.78 is 88.5. The fourth-order valence-electron chi connectivity index (χ4n) is 8.51. The molecule has 2 bridgehead atoms. The van der Waals surface area contributed by atoms with Crippen LogP contribution in [0.25, 0.3) is 0 Å². The average Bonchev–Trinajstić information content (AvgIpc) is 3.10. The van der Waals surface area contributed by atoms with Crippen molar-refractivity contribution in [3.8, 4) is 34.8 Å². The van der Waals surface area contributed by atoms with Crippen LogP contribution in [-0.4, -0.2) is 84.1 Å². The minimum absolute atomic E-state index is 0.0795. The number of phenols is 2. The third-order valence-corrected chi connectivity index (χ3v) is 10.7. The monoisotopic (exact) mass is 718 g/mol. The maximum absolute atomic E-state index is 14.7. The molecule has 3 aliphatic heterocycles. The molecule has 1 amide bonds. The van der Waals surface area contributed by atoms with Crippen LogP contribution in [0.15, 0.2) is 0 Å². The van der Waals surface area contributed by atoms with E-state index >= 15 is 0 Å². The number of aliphatic hydroxyl groups excluding tert-OH is 1. The predicted molar refractivity (Wildman–Crippen MR) is 169 cm³/mol. The number of likely N-dealkylation sites (N-methyl/N-ethyl adjacent to an activating group) is 1. The van der Waals surface area contributed by atoms with Gasteiger partial charge in [-0.25, -0.2) is 22.0 Å². The average molecular weight is 719 g/mol. The highest BCUT2D eigenvalue weighted by Gasteiger charge is 2.57. The van der Waals surface area contributed by atoms with Gasteiger partial charge in [-0.1, -0.05) is 0 Å². The van der Waals surface area contributed by atoms with Crippen molar-refractivity contribution in [1.29, 1.82) is 5.26 Å². The van der Waals surface area contributed by atoms with Crippen LogP contribution in [0, 0.1) is 54.3 Å². The number of aromatic hydroxyl groups is 2. The molecule has 51 heavy (non-hydrogen) atoms. The summed E-state index contributed by atoms with van der Waals surface area (Å²) >= 11 is 0. The number of nitrogens with one attached hydrogen (secondary N) is 1. The SMILES string of the molecule is COc1c(C)c(OC)c2c(c1O)[C@H]1[C@@H]3Cc4c(OC)c(C)c(CO)c(O)c4[C@H](CNC(=O)c4c(F)c(F)c(F)c(F)c4F)N3[C@@H](C#N)[C@H](C2)N1C. The van der Waals surface area contributed by atoms with Crippen LogP contribution in [0.2, 0.25) is 0 Å². The minimum Gasteiger partial charge on any atom is -0.507 e. The Balaban J connectivity index is 1.58. The number of nitriles is 1. The standard InChI is InChI=1S/C35H35F5N4O7/c1-12-16(11-45)30(46)21-14(32(12)49-4)8-18-29-22-15(33(50-5)13(2)34(51-6)31(22)47)7-17(43(29)3)19(9-41)44(18)20(21)10-42-35(48)23-24(36)26(38)28(40)27(39)25(23)37/h17-20,29,45-47H,7-8,10-11H2,1-6H3,(H,42,48)/t17-,18-,19-,20-,29+/m0/s1. The molecule has 1 fully saturated rings. The maximum atomic E-state index is 14.7. The van der Waals surface area contributed by atoms with Gasteiger partial charge in [0.1, 0.15) is 28.9 Å². The van der Waals surface area contributed by atoms with Crippen LogP contribution < -0.4 is 19.5 Å². The first-order valence-electron chi connectivity index (χ1n) is 15.9. The molecule has 4 N–H and O–H groups in total. The van der Waals surface area contributed by atoms with Gasteiger partial charge in [0.2, 0.25) is 5.82 Å². The van der Waals surface area contributed by atoms with E-state index in [1.54, 1.807) is 25.8 Å². The van der Waals surface area contributed by atoms with Gasteiger partial charge in [-0.2, -0.15) is 5.26 Å². The molecule has 0 radical (unpaired) electrons. The van der Waals surface area contributed by atoms with E-state index in [2.05, 4.69) is 11.4 Å². The summed E-state index contributed by atoms with van der Waals surface area (Å²) in [5.74, 6) is -13.0. The molecular weight excluding hydrogens is 683 g/mol. The number of hydrogen-bond acceptors (Lipinski definition) is 10. The molecule has 6 rings (SSSR count). The number of fused-ring (bicyclic) bond motifs is 7. The first kappa shape index (κ1) is 36.0. The lowest BCUT2D eigenvalue weighted by Gasteiger charge is -2.60. The Bertz CT molecular complexity index is 1990. The fraction of sp³-hybridized carbons (Fsp3) is 0.429. The Morgan fingerprint density at radius 2 is 1.37 bits per heavy atom. The lowest BCUT2D eigenvalue weighted by atomic mass is 9.71. The molecule has 0 aromatic heterocycles. The second kappa shape index (κ2) is 13.0. The topological polar surface area (TPSA) is 148 Å². The normalized spacial score (nSPS) is 22.4. The third-order valence-electron chi connectivity index (χ3n) is 10.7. The Labute approximate surface area is 289 Å². The number of ether oxygens (including phenoxy) is 3. The lowest BCUT2D eigenvalue weighted by molar-refractivity contribution is -0.0724. The molecule has 0 saturated carbocycles. The minimum atomic E-state index is -2.43. The van der Waals surface area contributed by atoms with Crippen molar-refractivity contribution in [1.82, 2.24) is 15.1 Å². The largest absolute Gasteiger partial charge is 0.507 e. The molecule has 0 aliphatic carbocycles. The van der Waals surface area contributed by atoms with Gasteiger partial charge in [0.25, 0.3) is 5.91 Å². The summed E-state index contributed by atoms with van der Waals surface area (Å²) in [5, 5.41) is 46.7. The Morgan fingerprint density at radius 3 is 1.92 bits per heavy atom. The van der Waals surface area contributed by atoms with Crippen molar-refractivity contribution < 1.29 is 56.3 Å². The van der Waals surface area contributed by atoms with E-state index in [0.29, 0.717) is 33.6 Å².